The summed E-state index contributed by atoms with van der Waals surface area (Å²) < 4.78 is 0. The standard InChI is InChI=1S/C5H11N3O2/c1-4(2)7-5(8-10)3-6-9/h3-4,9-10H,1-2H3,(H,7,8). The van der Waals surface area contributed by atoms with Gasteiger partial charge in [0.25, 0.3) is 0 Å². The number of hydroxylamine groups is 1. The summed E-state index contributed by atoms with van der Waals surface area (Å²) >= 11 is 0. The molecule has 58 valence electrons. The Hall–Kier alpha value is -1.10. The van der Waals surface area contributed by atoms with Crippen LogP contribution in [0.5, 0.6) is 0 Å². The first-order chi connectivity index (χ1) is 4.70. The molecule has 0 spiro atoms. The number of nitrogens with zero attached hydrogens (tertiary/aromatic N) is 2. The highest BCUT2D eigenvalue weighted by molar-refractivity contribution is 6.28. The predicted molar refractivity (Wildman–Crippen MR) is 37.8 cm³/mol. The van der Waals surface area contributed by atoms with E-state index in [-0.39, 0.29) is 11.9 Å². The second kappa shape index (κ2) is 4.75. The van der Waals surface area contributed by atoms with Crippen LogP contribution in [0.25, 0.3) is 0 Å². The quantitative estimate of drug-likeness (QED) is 0.225. The van der Waals surface area contributed by atoms with Crippen LogP contribution in [-0.4, -0.2) is 28.5 Å². The Kier molecular flexibility index (Phi) is 4.23. The van der Waals surface area contributed by atoms with Gasteiger partial charge < -0.3 is 5.21 Å². The highest BCUT2D eigenvalue weighted by atomic mass is 16.5. The predicted octanol–water partition coefficient (Wildman–Crippen LogP) is 0.232. The summed E-state index contributed by atoms with van der Waals surface area (Å²) in [6, 6.07) is 0.0487. The first-order valence-corrected chi connectivity index (χ1v) is 2.86. The van der Waals surface area contributed by atoms with Gasteiger partial charge in [0.1, 0.15) is 6.21 Å². The molecule has 0 aromatic heterocycles. The van der Waals surface area contributed by atoms with Gasteiger partial charge in [-0.3, -0.25) is 15.7 Å². The number of nitrogens with one attached hydrogen (secondary N) is 1. The van der Waals surface area contributed by atoms with Gasteiger partial charge >= 0.3 is 0 Å². The maximum Gasteiger partial charge on any atom is 0.167 e. The zero-order valence-corrected chi connectivity index (χ0v) is 5.94. The van der Waals surface area contributed by atoms with Gasteiger partial charge in [0.15, 0.2) is 5.84 Å². The maximum absolute atomic E-state index is 8.32. The summed E-state index contributed by atoms with van der Waals surface area (Å²) in [5.74, 6) is 0.137. The summed E-state index contributed by atoms with van der Waals surface area (Å²) in [6.07, 6.45) is 1.01. The Morgan fingerprint density at radius 2 is 2.20 bits per heavy atom. The van der Waals surface area contributed by atoms with Crippen molar-refractivity contribution < 1.29 is 10.4 Å². The molecule has 0 bridgehead atoms. The minimum absolute atomic E-state index is 0.0487. The van der Waals surface area contributed by atoms with E-state index in [1.165, 1.54) is 0 Å². The molecule has 0 heterocycles. The van der Waals surface area contributed by atoms with Crippen LogP contribution < -0.4 is 5.48 Å². The van der Waals surface area contributed by atoms with Gasteiger partial charge in [-0.2, -0.15) is 0 Å². The van der Waals surface area contributed by atoms with Crippen molar-refractivity contribution >= 4 is 12.1 Å². The summed E-state index contributed by atoms with van der Waals surface area (Å²) in [5, 5.41) is 19.0. The van der Waals surface area contributed by atoms with Gasteiger partial charge in [0.2, 0.25) is 0 Å². The van der Waals surface area contributed by atoms with E-state index in [1.807, 2.05) is 13.8 Å². The summed E-state index contributed by atoms with van der Waals surface area (Å²) in [6.45, 7) is 3.67. The lowest BCUT2D eigenvalue weighted by atomic mass is 10.4. The molecule has 10 heavy (non-hydrogen) atoms. The van der Waals surface area contributed by atoms with E-state index in [4.69, 9.17) is 10.4 Å². The third-order valence-corrected chi connectivity index (χ3v) is 0.692. The fourth-order valence-corrected chi connectivity index (χ4v) is 0.424. The normalized spacial score (nSPS) is 13.0. The maximum atomic E-state index is 8.32. The lowest BCUT2D eigenvalue weighted by Crippen LogP contribution is -2.21. The largest absolute Gasteiger partial charge is 0.411 e. The minimum atomic E-state index is 0.0487. The number of oxime groups is 1. The zero-order chi connectivity index (χ0) is 7.98. The molecule has 0 unspecified atom stereocenters. The second-order valence-electron chi connectivity index (χ2n) is 1.96. The van der Waals surface area contributed by atoms with Crippen LogP contribution in [0.1, 0.15) is 13.8 Å². The number of hydrogen-bond donors (Lipinski definition) is 3. The van der Waals surface area contributed by atoms with Crippen LogP contribution in [0.3, 0.4) is 0 Å². The SMILES string of the molecule is CC(C)N=C(C=NO)NO. The lowest BCUT2D eigenvalue weighted by molar-refractivity contribution is 0.235. The number of rotatable bonds is 2. The van der Waals surface area contributed by atoms with Crippen molar-refractivity contribution in [2.75, 3.05) is 0 Å². The van der Waals surface area contributed by atoms with Gasteiger partial charge in [-0.25, -0.2) is 0 Å². The molecule has 0 radical (unpaired) electrons. The molecule has 0 aromatic carbocycles. The lowest BCUT2D eigenvalue weighted by Gasteiger charge is -1.98. The Morgan fingerprint density at radius 3 is 2.50 bits per heavy atom. The van der Waals surface area contributed by atoms with Crippen molar-refractivity contribution in [2.45, 2.75) is 19.9 Å². The van der Waals surface area contributed by atoms with Crippen LogP contribution in [0.15, 0.2) is 10.1 Å². The van der Waals surface area contributed by atoms with Crippen molar-refractivity contribution in [3.05, 3.63) is 0 Å². The van der Waals surface area contributed by atoms with Gasteiger partial charge in [0, 0.05) is 6.04 Å². The third-order valence-electron chi connectivity index (χ3n) is 0.692. The van der Waals surface area contributed by atoms with Crippen molar-refractivity contribution in [1.29, 1.82) is 0 Å². The smallest absolute Gasteiger partial charge is 0.167 e. The molecular formula is C5H11N3O2. The monoisotopic (exact) mass is 145 g/mol. The Labute approximate surface area is 59.0 Å². The van der Waals surface area contributed by atoms with Crippen molar-refractivity contribution in [1.82, 2.24) is 5.48 Å². The van der Waals surface area contributed by atoms with Crippen LogP contribution >= 0.6 is 0 Å². The molecule has 3 N–H and O–H groups in total. The van der Waals surface area contributed by atoms with Crippen molar-refractivity contribution in [3.63, 3.8) is 0 Å². The van der Waals surface area contributed by atoms with Gasteiger partial charge in [-0.15, -0.1) is 0 Å². The average molecular weight is 145 g/mol. The Morgan fingerprint density at radius 1 is 1.60 bits per heavy atom. The van der Waals surface area contributed by atoms with E-state index < -0.39 is 0 Å². The highest BCUT2D eigenvalue weighted by Crippen LogP contribution is 1.84. The molecule has 0 aliphatic carbocycles. The minimum Gasteiger partial charge on any atom is -0.411 e. The molecular weight excluding hydrogens is 134 g/mol. The van der Waals surface area contributed by atoms with E-state index in [0.29, 0.717) is 0 Å². The molecule has 0 aliphatic heterocycles. The molecule has 5 heteroatoms. The van der Waals surface area contributed by atoms with Crippen LogP contribution in [0, 0.1) is 0 Å². The molecule has 0 amide bonds. The summed E-state index contributed by atoms with van der Waals surface area (Å²) in [4.78, 5) is 3.83. The van der Waals surface area contributed by atoms with Gasteiger partial charge in [-0.1, -0.05) is 5.16 Å². The first kappa shape index (κ1) is 8.90. The van der Waals surface area contributed by atoms with E-state index in [1.54, 1.807) is 5.48 Å². The fourth-order valence-electron chi connectivity index (χ4n) is 0.424. The number of hydrogen-bond acceptors (Lipinski definition) is 4. The van der Waals surface area contributed by atoms with Crippen LogP contribution in [-0.2, 0) is 0 Å². The molecule has 0 saturated heterocycles. The van der Waals surface area contributed by atoms with E-state index in [2.05, 4.69) is 10.1 Å². The summed E-state index contributed by atoms with van der Waals surface area (Å²) in [7, 11) is 0. The molecule has 0 fully saturated rings. The molecule has 0 atom stereocenters. The van der Waals surface area contributed by atoms with E-state index in [9.17, 15) is 0 Å². The first-order valence-electron chi connectivity index (χ1n) is 2.86. The average Bonchev–Trinajstić information content (AvgIpc) is 1.86. The zero-order valence-electron chi connectivity index (χ0n) is 5.94. The summed E-state index contributed by atoms with van der Waals surface area (Å²) in [5.41, 5.74) is 1.78. The molecule has 0 aromatic rings. The molecule has 0 rings (SSSR count). The molecule has 0 aliphatic rings. The molecule has 0 saturated carbocycles. The van der Waals surface area contributed by atoms with Crippen LogP contribution in [0.2, 0.25) is 0 Å². The highest BCUT2D eigenvalue weighted by Gasteiger charge is 1.92. The topological polar surface area (TPSA) is 77.2 Å². The number of aliphatic imine (C=N–C) groups is 1. The van der Waals surface area contributed by atoms with Gasteiger partial charge in [0.05, 0.1) is 0 Å². The second-order valence-corrected chi connectivity index (χ2v) is 1.96. The van der Waals surface area contributed by atoms with Crippen molar-refractivity contribution in [3.8, 4) is 0 Å². The third kappa shape index (κ3) is 3.85. The van der Waals surface area contributed by atoms with Gasteiger partial charge in [-0.05, 0) is 13.8 Å². The number of amidine groups is 1. The van der Waals surface area contributed by atoms with E-state index >= 15 is 0 Å². The Balaban J connectivity index is 4.04. The van der Waals surface area contributed by atoms with Crippen molar-refractivity contribution in [2.24, 2.45) is 10.1 Å². The molecule has 5 nitrogen and oxygen atoms in total. The Bertz CT molecular complexity index is 142. The van der Waals surface area contributed by atoms with Crippen LogP contribution in [0.4, 0.5) is 0 Å². The van der Waals surface area contributed by atoms with E-state index in [0.717, 1.165) is 6.21 Å². The fraction of sp³-hybridized carbons (Fsp3) is 0.600.